The van der Waals surface area contributed by atoms with Gasteiger partial charge in [0.2, 0.25) is 10.0 Å². The van der Waals surface area contributed by atoms with Crippen LogP contribution < -0.4 is 10.2 Å². The summed E-state index contributed by atoms with van der Waals surface area (Å²) in [6, 6.07) is 12.4. The van der Waals surface area contributed by atoms with E-state index < -0.39 is 10.0 Å². The number of rotatable bonds is 5. The van der Waals surface area contributed by atoms with Crippen LogP contribution in [0.5, 0.6) is 0 Å². The topological polar surface area (TPSA) is 69.7 Å². The number of hydrogen-bond donors (Lipinski definition) is 1. The van der Waals surface area contributed by atoms with Gasteiger partial charge in [-0.3, -0.25) is 4.79 Å². The van der Waals surface area contributed by atoms with E-state index >= 15 is 0 Å². The summed E-state index contributed by atoms with van der Waals surface area (Å²) in [6.07, 6.45) is 3.31. The molecule has 2 aromatic carbocycles. The fraction of sp³-hybridized carbons (Fsp3) is 0.381. The minimum Gasteiger partial charge on any atom is -0.371 e. The summed E-state index contributed by atoms with van der Waals surface area (Å²) >= 11 is 0. The summed E-state index contributed by atoms with van der Waals surface area (Å²) < 4.78 is 26.3. The number of hydrogen-bond acceptors (Lipinski definition) is 4. The van der Waals surface area contributed by atoms with Crippen molar-refractivity contribution < 1.29 is 13.2 Å². The van der Waals surface area contributed by atoms with Crippen LogP contribution in [0.15, 0.2) is 47.4 Å². The number of nitrogens with zero attached hydrogens (tertiary/aromatic N) is 2. The van der Waals surface area contributed by atoms with Gasteiger partial charge in [0.05, 0.1) is 10.5 Å². The van der Waals surface area contributed by atoms with E-state index in [0.717, 1.165) is 41.5 Å². The summed E-state index contributed by atoms with van der Waals surface area (Å²) in [5, 5.41) is 2.91. The van der Waals surface area contributed by atoms with Gasteiger partial charge in [-0.1, -0.05) is 12.1 Å². The Morgan fingerprint density at radius 1 is 1.04 bits per heavy atom. The molecule has 1 saturated heterocycles. The number of carbonyl (C=O) groups excluding carboxylic acids is 1. The molecule has 150 valence electrons. The third-order valence-electron chi connectivity index (χ3n) is 4.96. The van der Waals surface area contributed by atoms with Crippen LogP contribution in [-0.4, -0.2) is 45.8 Å². The first-order valence-electron chi connectivity index (χ1n) is 9.48. The summed E-state index contributed by atoms with van der Waals surface area (Å²) in [4.78, 5) is 15.4. The zero-order valence-electron chi connectivity index (χ0n) is 16.6. The van der Waals surface area contributed by atoms with E-state index in [1.807, 2.05) is 31.2 Å². The lowest BCUT2D eigenvalue weighted by Crippen LogP contribution is -2.32. The number of sulfonamides is 1. The Balaban J connectivity index is 2.02. The normalized spacial score (nSPS) is 14.9. The Bertz CT molecular complexity index is 965. The van der Waals surface area contributed by atoms with Gasteiger partial charge in [0.25, 0.3) is 5.91 Å². The van der Waals surface area contributed by atoms with Gasteiger partial charge >= 0.3 is 0 Å². The van der Waals surface area contributed by atoms with Crippen molar-refractivity contribution in [3.05, 3.63) is 53.6 Å². The quantitative estimate of drug-likeness (QED) is 0.833. The first-order chi connectivity index (χ1) is 13.3. The van der Waals surface area contributed by atoms with E-state index in [0.29, 0.717) is 11.3 Å². The molecule has 1 aliphatic heterocycles. The van der Waals surface area contributed by atoms with Crippen LogP contribution in [-0.2, 0) is 10.0 Å². The van der Waals surface area contributed by atoms with Gasteiger partial charge in [0.1, 0.15) is 0 Å². The van der Waals surface area contributed by atoms with Gasteiger partial charge in [-0.2, -0.15) is 0 Å². The first-order valence-corrected chi connectivity index (χ1v) is 10.9. The van der Waals surface area contributed by atoms with E-state index in [4.69, 9.17) is 0 Å². The second-order valence-corrected chi connectivity index (χ2v) is 9.49. The third-order valence-corrected chi connectivity index (χ3v) is 6.77. The number of aryl methyl sites for hydroxylation is 1. The van der Waals surface area contributed by atoms with Gasteiger partial charge in [0.15, 0.2) is 0 Å². The largest absolute Gasteiger partial charge is 0.371 e. The molecule has 6 nitrogen and oxygen atoms in total. The molecule has 0 saturated carbocycles. The highest BCUT2D eigenvalue weighted by molar-refractivity contribution is 7.89. The maximum Gasteiger partial charge on any atom is 0.257 e. The average molecular weight is 402 g/mol. The van der Waals surface area contributed by atoms with E-state index in [1.54, 1.807) is 12.1 Å². The highest BCUT2D eigenvalue weighted by Gasteiger charge is 2.24. The molecule has 2 aromatic rings. The molecule has 28 heavy (non-hydrogen) atoms. The second kappa shape index (κ2) is 8.32. The van der Waals surface area contributed by atoms with Crippen molar-refractivity contribution in [3.8, 4) is 0 Å². The number of piperidine rings is 1. The van der Waals surface area contributed by atoms with Gasteiger partial charge in [-0.25, -0.2) is 12.7 Å². The molecule has 1 aliphatic rings. The SMILES string of the molecule is Cc1cccc(NC(=O)c2cc(S(=O)(=O)N(C)C)ccc2N2CCCCC2)c1. The van der Waals surface area contributed by atoms with Gasteiger partial charge in [-0.05, 0) is 62.1 Å². The standard InChI is InChI=1S/C21H27N3O3S/c1-16-8-7-9-17(14-16)22-21(25)19-15-18(28(26,27)23(2)3)10-11-20(19)24-12-5-4-6-13-24/h7-11,14-15H,4-6,12-13H2,1-3H3,(H,22,25). The lowest BCUT2D eigenvalue weighted by molar-refractivity contribution is 0.102. The molecule has 7 heteroatoms. The third kappa shape index (κ3) is 4.36. The summed E-state index contributed by atoms with van der Waals surface area (Å²) in [5.41, 5.74) is 2.89. The summed E-state index contributed by atoms with van der Waals surface area (Å²) in [5.74, 6) is -0.304. The van der Waals surface area contributed by atoms with Crippen molar-refractivity contribution in [2.45, 2.75) is 31.1 Å². The molecule has 0 spiro atoms. The fourth-order valence-electron chi connectivity index (χ4n) is 3.40. The molecule has 3 rings (SSSR count). The number of amides is 1. The van der Waals surface area contributed by atoms with Crippen LogP contribution in [0.1, 0.15) is 35.2 Å². The average Bonchev–Trinajstić information content (AvgIpc) is 2.68. The fourth-order valence-corrected chi connectivity index (χ4v) is 4.33. The minimum atomic E-state index is -3.63. The predicted molar refractivity (Wildman–Crippen MR) is 113 cm³/mol. The molecule has 0 bridgehead atoms. The number of anilines is 2. The van der Waals surface area contributed by atoms with E-state index in [2.05, 4.69) is 10.2 Å². The molecule has 0 atom stereocenters. The second-order valence-electron chi connectivity index (χ2n) is 7.34. The monoisotopic (exact) mass is 401 g/mol. The molecular formula is C21H27N3O3S. The van der Waals surface area contributed by atoms with Crippen LogP contribution in [0.2, 0.25) is 0 Å². The molecule has 1 amide bonds. The van der Waals surface area contributed by atoms with Crippen molar-refractivity contribution in [1.29, 1.82) is 0 Å². The van der Waals surface area contributed by atoms with Gasteiger partial charge in [0, 0.05) is 38.6 Å². The Labute approximate surface area is 167 Å². The Morgan fingerprint density at radius 3 is 2.39 bits per heavy atom. The van der Waals surface area contributed by atoms with Gasteiger partial charge in [-0.15, -0.1) is 0 Å². The van der Waals surface area contributed by atoms with Crippen LogP contribution >= 0.6 is 0 Å². The van der Waals surface area contributed by atoms with Crippen LogP contribution in [0, 0.1) is 6.92 Å². The highest BCUT2D eigenvalue weighted by atomic mass is 32.2. The summed E-state index contributed by atoms with van der Waals surface area (Å²) in [7, 11) is -0.652. The molecule has 0 radical (unpaired) electrons. The maximum atomic E-state index is 13.1. The Hall–Kier alpha value is -2.38. The summed E-state index contributed by atoms with van der Waals surface area (Å²) in [6.45, 7) is 3.69. The zero-order valence-corrected chi connectivity index (χ0v) is 17.4. The minimum absolute atomic E-state index is 0.118. The Kier molecular flexibility index (Phi) is 6.05. The van der Waals surface area contributed by atoms with Crippen molar-refractivity contribution in [1.82, 2.24) is 4.31 Å². The Morgan fingerprint density at radius 2 is 1.75 bits per heavy atom. The predicted octanol–water partition coefficient (Wildman–Crippen LogP) is 3.49. The molecule has 0 aliphatic carbocycles. The van der Waals surface area contributed by atoms with E-state index in [1.165, 1.54) is 26.6 Å². The van der Waals surface area contributed by atoms with E-state index in [-0.39, 0.29) is 10.8 Å². The molecule has 0 unspecified atom stereocenters. The number of benzene rings is 2. The van der Waals surface area contributed by atoms with Crippen molar-refractivity contribution in [3.63, 3.8) is 0 Å². The zero-order chi connectivity index (χ0) is 20.3. The molecule has 1 N–H and O–H groups in total. The van der Waals surface area contributed by atoms with Crippen molar-refractivity contribution in [2.75, 3.05) is 37.4 Å². The molecule has 1 heterocycles. The maximum absolute atomic E-state index is 13.1. The van der Waals surface area contributed by atoms with Gasteiger partial charge < -0.3 is 10.2 Å². The van der Waals surface area contributed by atoms with Crippen molar-refractivity contribution in [2.24, 2.45) is 0 Å². The van der Waals surface area contributed by atoms with E-state index in [9.17, 15) is 13.2 Å². The molecular weight excluding hydrogens is 374 g/mol. The lowest BCUT2D eigenvalue weighted by atomic mass is 10.1. The number of carbonyl (C=O) groups is 1. The highest BCUT2D eigenvalue weighted by Crippen LogP contribution is 2.28. The smallest absolute Gasteiger partial charge is 0.257 e. The van der Waals surface area contributed by atoms with Crippen molar-refractivity contribution >= 4 is 27.3 Å². The molecule has 1 fully saturated rings. The van der Waals surface area contributed by atoms with Crippen LogP contribution in [0.3, 0.4) is 0 Å². The lowest BCUT2D eigenvalue weighted by Gasteiger charge is -2.30. The first kappa shape index (κ1) is 20.4. The molecule has 0 aromatic heterocycles. The van der Waals surface area contributed by atoms with Crippen LogP contribution in [0.4, 0.5) is 11.4 Å². The van der Waals surface area contributed by atoms with Crippen LogP contribution in [0.25, 0.3) is 0 Å². The number of nitrogens with one attached hydrogen (secondary N) is 1.